The topological polar surface area (TPSA) is 75.8 Å². The molecule has 0 atom stereocenters. The van der Waals surface area contributed by atoms with Crippen LogP contribution in [0, 0.1) is 17.0 Å². The highest BCUT2D eigenvalue weighted by Gasteiger charge is 2.32. The molecule has 3 rings (SSSR count). The zero-order valence-electron chi connectivity index (χ0n) is 15.1. The molecule has 1 aliphatic rings. The summed E-state index contributed by atoms with van der Waals surface area (Å²) < 4.78 is 0. The van der Waals surface area contributed by atoms with Crippen LogP contribution < -0.4 is 0 Å². The second kappa shape index (κ2) is 8.18. The molecule has 0 spiro atoms. The average molecular weight is 381 g/mol. The van der Waals surface area contributed by atoms with E-state index in [-0.39, 0.29) is 11.6 Å². The number of rotatable bonds is 5. The quantitative estimate of drug-likeness (QED) is 0.419. The van der Waals surface area contributed by atoms with E-state index >= 15 is 0 Å². The molecule has 1 aliphatic heterocycles. The molecule has 138 valence electrons. The fourth-order valence-electron chi connectivity index (χ4n) is 2.69. The molecule has 0 radical (unpaired) electrons. The third kappa shape index (κ3) is 4.25. The largest absolute Gasteiger partial charge is 0.286 e. The van der Waals surface area contributed by atoms with Crippen LogP contribution in [0.1, 0.15) is 24.5 Å². The van der Waals surface area contributed by atoms with E-state index in [2.05, 4.69) is 4.99 Å². The third-order valence-electron chi connectivity index (χ3n) is 4.04. The lowest BCUT2D eigenvalue weighted by molar-refractivity contribution is -0.385. The molecule has 0 bridgehead atoms. The van der Waals surface area contributed by atoms with Crippen LogP contribution in [0.25, 0.3) is 6.08 Å². The van der Waals surface area contributed by atoms with E-state index in [1.165, 1.54) is 17.8 Å². The molecular weight excluding hydrogens is 362 g/mol. The summed E-state index contributed by atoms with van der Waals surface area (Å²) in [5, 5.41) is 11.8. The van der Waals surface area contributed by atoms with E-state index in [0.29, 0.717) is 27.7 Å². The van der Waals surface area contributed by atoms with E-state index < -0.39 is 4.92 Å². The van der Waals surface area contributed by atoms with Crippen molar-refractivity contribution in [3.8, 4) is 0 Å². The number of benzene rings is 2. The number of thioether (sulfide) groups is 1. The van der Waals surface area contributed by atoms with Crippen molar-refractivity contribution < 1.29 is 9.72 Å². The second-order valence-electron chi connectivity index (χ2n) is 6.10. The van der Waals surface area contributed by atoms with Crippen molar-refractivity contribution >= 4 is 40.3 Å². The molecule has 0 unspecified atom stereocenters. The van der Waals surface area contributed by atoms with Gasteiger partial charge in [0.25, 0.3) is 11.6 Å². The predicted molar refractivity (Wildman–Crippen MR) is 109 cm³/mol. The smallest absolute Gasteiger partial charge is 0.272 e. The Labute approximate surface area is 161 Å². The number of amides is 1. The van der Waals surface area contributed by atoms with Gasteiger partial charge >= 0.3 is 0 Å². The van der Waals surface area contributed by atoms with Gasteiger partial charge in [-0.05, 0) is 48.9 Å². The van der Waals surface area contributed by atoms with E-state index in [1.54, 1.807) is 30.0 Å². The fourth-order valence-corrected chi connectivity index (χ4v) is 3.71. The van der Waals surface area contributed by atoms with Gasteiger partial charge in [0.2, 0.25) is 0 Å². The first-order valence-corrected chi connectivity index (χ1v) is 9.41. The van der Waals surface area contributed by atoms with Crippen LogP contribution in [0.15, 0.2) is 58.4 Å². The van der Waals surface area contributed by atoms with Crippen molar-refractivity contribution in [2.75, 3.05) is 6.54 Å². The van der Waals surface area contributed by atoms with E-state index in [0.717, 1.165) is 12.1 Å². The Bertz CT molecular complexity index is 939. The minimum absolute atomic E-state index is 0.0448. The molecule has 1 fully saturated rings. The number of nitrogens with zero attached hydrogens (tertiary/aromatic N) is 3. The minimum atomic E-state index is -0.410. The third-order valence-corrected chi connectivity index (χ3v) is 5.05. The first-order chi connectivity index (χ1) is 13.0. The van der Waals surface area contributed by atoms with Crippen molar-refractivity contribution in [3.63, 3.8) is 0 Å². The number of nitro benzene ring substituents is 1. The van der Waals surface area contributed by atoms with E-state index in [9.17, 15) is 14.9 Å². The summed E-state index contributed by atoms with van der Waals surface area (Å²) in [6.45, 7) is 4.27. The average Bonchev–Trinajstić information content (AvgIpc) is 2.93. The van der Waals surface area contributed by atoms with Crippen LogP contribution in [0.2, 0.25) is 0 Å². The summed E-state index contributed by atoms with van der Waals surface area (Å²) in [6.07, 6.45) is 2.50. The molecule has 1 heterocycles. The van der Waals surface area contributed by atoms with Crippen molar-refractivity contribution in [3.05, 3.63) is 74.7 Å². The maximum Gasteiger partial charge on any atom is 0.272 e. The number of hydrogen-bond acceptors (Lipinski definition) is 5. The van der Waals surface area contributed by atoms with Crippen molar-refractivity contribution in [2.24, 2.45) is 4.99 Å². The van der Waals surface area contributed by atoms with Gasteiger partial charge in [0, 0.05) is 18.2 Å². The summed E-state index contributed by atoms with van der Waals surface area (Å²) in [6, 6.07) is 14.4. The van der Waals surface area contributed by atoms with Crippen LogP contribution in [0.4, 0.5) is 11.4 Å². The van der Waals surface area contributed by atoms with Crippen LogP contribution in [-0.4, -0.2) is 27.4 Å². The molecule has 7 heteroatoms. The van der Waals surface area contributed by atoms with Crippen LogP contribution in [-0.2, 0) is 4.79 Å². The molecule has 2 aromatic carbocycles. The molecule has 0 N–H and O–H groups in total. The lowest BCUT2D eigenvalue weighted by Crippen LogP contribution is -2.29. The Morgan fingerprint density at radius 3 is 2.63 bits per heavy atom. The van der Waals surface area contributed by atoms with Gasteiger partial charge in [0.1, 0.15) is 0 Å². The molecule has 27 heavy (non-hydrogen) atoms. The second-order valence-corrected chi connectivity index (χ2v) is 7.11. The Morgan fingerprint density at radius 1 is 1.22 bits per heavy atom. The van der Waals surface area contributed by atoms with Gasteiger partial charge in [0.05, 0.1) is 15.5 Å². The van der Waals surface area contributed by atoms with E-state index in [1.807, 2.05) is 37.3 Å². The summed E-state index contributed by atoms with van der Waals surface area (Å²) in [7, 11) is 0. The lowest BCUT2D eigenvalue weighted by atomic mass is 10.1. The summed E-state index contributed by atoms with van der Waals surface area (Å²) in [5.74, 6) is -0.125. The van der Waals surface area contributed by atoms with Gasteiger partial charge in [-0.3, -0.25) is 19.8 Å². The Kier molecular flexibility index (Phi) is 5.71. The molecule has 0 aliphatic carbocycles. The highest BCUT2D eigenvalue weighted by Crippen LogP contribution is 2.34. The zero-order chi connectivity index (χ0) is 19.4. The van der Waals surface area contributed by atoms with Gasteiger partial charge in [0.15, 0.2) is 5.17 Å². The number of carbonyl (C=O) groups is 1. The normalized spacial score (nSPS) is 17.1. The minimum Gasteiger partial charge on any atom is -0.286 e. The maximum atomic E-state index is 12.8. The van der Waals surface area contributed by atoms with Crippen LogP contribution in [0.3, 0.4) is 0 Å². The van der Waals surface area contributed by atoms with Gasteiger partial charge in [-0.15, -0.1) is 0 Å². The highest BCUT2D eigenvalue weighted by atomic mass is 32.2. The van der Waals surface area contributed by atoms with Gasteiger partial charge in [-0.25, -0.2) is 4.99 Å². The molecular formula is C20H19N3O3S. The fraction of sp³-hybridized carbons (Fsp3) is 0.200. The lowest BCUT2D eigenvalue weighted by Gasteiger charge is -2.13. The number of hydrogen-bond donors (Lipinski definition) is 0. The number of aliphatic imine (C=N–C) groups is 1. The van der Waals surface area contributed by atoms with E-state index in [4.69, 9.17) is 0 Å². The van der Waals surface area contributed by atoms with Crippen molar-refractivity contribution in [2.45, 2.75) is 20.3 Å². The SMILES string of the molecule is CCCN1C(=O)/C(=C\c2ccc(C)c([N+](=O)[O-])c2)SC1=Nc1ccccc1. The summed E-state index contributed by atoms with van der Waals surface area (Å²) in [5.41, 5.74) is 2.04. The Balaban J connectivity index is 1.96. The summed E-state index contributed by atoms with van der Waals surface area (Å²) in [4.78, 5) is 30.3. The number of nitro groups is 1. The standard InChI is InChI=1S/C20H19N3O3S/c1-3-11-22-19(24)18(27-20(22)21-16-7-5-4-6-8-16)13-15-10-9-14(2)17(12-15)23(25)26/h4-10,12-13H,3,11H2,1-2H3/b18-13+,21-20?. The Hall–Kier alpha value is -2.93. The molecule has 2 aromatic rings. The monoisotopic (exact) mass is 381 g/mol. The molecule has 0 saturated carbocycles. The Morgan fingerprint density at radius 2 is 1.96 bits per heavy atom. The molecule has 1 saturated heterocycles. The highest BCUT2D eigenvalue weighted by molar-refractivity contribution is 8.18. The first kappa shape index (κ1) is 18.8. The van der Waals surface area contributed by atoms with Crippen molar-refractivity contribution in [1.82, 2.24) is 4.90 Å². The summed E-state index contributed by atoms with van der Waals surface area (Å²) >= 11 is 1.29. The van der Waals surface area contributed by atoms with Gasteiger partial charge in [-0.2, -0.15) is 0 Å². The van der Waals surface area contributed by atoms with Gasteiger partial charge in [-0.1, -0.05) is 37.3 Å². The number of aryl methyl sites for hydroxylation is 1. The number of amidine groups is 1. The number of carbonyl (C=O) groups excluding carboxylic acids is 1. The molecule has 6 nitrogen and oxygen atoms in total. The molecule has 1 amide bonds. The maximum absolute atomic E-state index is 12.8. The predicted octanol–water partition coefficient (Wildman–Crippen LogP) is 4.92. The van der Waals surface area contributed by atoms with Crippen LogP contribution >= 0.6 is 11.8 Å². The van der Waals surface area contributed by atoms with Gasteiger partial charge < -0.3 is 0 Å². The molecule has 0 aromatic heterocycles. The van der Waals surface area contributed by atoms with Crippen molar-refractivity contribution in [1.29, 1.82) is 0 Å². The first-order valence-electron chi connectivity index (χ1n) is 8.59. The number of para-hydroxylation sites is 1. The van der Waals surface area contributed by atoms with Crippen LogP contribution in [0.5, 0.6) is 0 Å². The zero-order valence-corrected chi connectivity index (χ0v) is 15.9.